The average Bonchev–Trinajstić information content (AvgIpc) is 2.74. The lowest BCUT2D eigenvalue weighted by molar-refractivity contribution is 0.399. The lowest BCUT2D eigenvalue weighted by Gasteiger charge is -2.16. The Morgan fingerprint density at radius 1 is 0.645 bits per heavy atom. The molecule has 0 radical (unpaired) electrons. The molecule has 3 aromatic carbocycles. The van der Waals surface area contributed by atoms with Gasteiger partial charge in [0.15, 0.2) is 5.82 Å². The van der Waals surface area contributed by atoms with E-state index in [9.17, 15) is 0 Å². The molecule has 0 bridgehead atoms. The van der Waals surface area contributed by atoms with Crippen molar-refractivity contribution in [1.29, 1.82) is 0 Å². The number of benzene rings is 3. The molecular weight excluding hydrogens is 498 g/mol. The average molecular weight is 511 g/mol. The summed E-state index contributed by atoms with van der Waals surface area (Å²) in [6.45, 7) is 0. The van der Waals surface area contributed by atoms with Gasteiger partial charge in [-0.1, -0.05) is 70.1 Å². The van der Waals surface area contributed by atoms with Crippen LogP contribution in [0.5, 0.6) is 5.88 Å². The normalized spacial score (nSPS) is 10.9. The van der Waals surface area contributed by atoms with Gasteiger partial charge < -0.3 is 4.74 Å². The van der Waals surface area contributed by atoms with E-state index in [0.29, 0.717) is 59.2 Å². The second kappa shape index (κ2) is 9.23. The van der Waals surface area contributed by atoms with Crippen LogP contribution in [0.3, 0.4) is 0 Å². The third kappa shape index (κ3) is 4.62. The van der Waals surface area contributed by atoms with Crippen LogP contribution in [0.15, 0.2) is 60.7 Å². The first-order valence-corrected chi connectivity index (χ1v) is 10.9. The van der Waals surface area contributed by atoms with Crippen molar-refractivity contribution in [2.45, 2.75) is 0 Å². The van der Waals surface area contributed by atoms with Crippen LogP contribution in [-0.2, 0) is 0 Å². The van der Waals surface area contributed by atoms with Crippen molar-refractivity contribution in [1.82, 2.24) is 9.97 Å². The quantitative estimate of drug-likeness (QED) is 0.275. The maximum atomic E-state index is 6.54. The Labute approximate surface area is 204 Å². The maximum absolute atomic E-state index is 6.54. The fraction of sp³-hybridized carbons (Fsp3) is 0.0435. The second-order valence-corrected chi connectivity index (χ2v) is 8.66. The van der Waals surface area contributed by atoms with Crippen LogP contribution in [-0.4, -0.2) is 17.1 Å². The molecule has 156 valence electrons. The Bertz CT molecular complexity index is 1280. The molecule has 0 saturated heterocycles. The number of halogens is 5. The SMILES string of the molecule is COc1nc(-c2ccc(Cl)cc2Cl)nc(-c2ccc(Cl)cc2Cl)c1-c1ccc(Cl)cc1. The molecule has 0 spiro atoms. The lowest BCUT2D eigenvalue weighted by atomic mass is 9.99. The molecule has 0 unspecified atom stereocenters. The highest BCUT2D eigenvalue weighted by Gasteiger charge is 2.22. The standard InChI is InChI=1S/C23H13Cl5N2O/c1-31-23-20(12-2-4-13(24)5-3-12)21(16-8-6-14(25)10-18(16)27)29-22(30-23)17-9-7-15(26)11-19(17)28/h2-11H,1H3. The van der Waals surface area contributed by atoms with Gasteiger partial charge in [0.2, 0.25) is 5.88 Å². The minimum absolute atomic E-state index is 0.361. The molecule has 4 aromatic rings. The number of aromatic nitrogens is 2. The van der Waals surface area contributed by atoms with Crippen LogP contribution < -0.4 is 4.74 Å². The number of hydrogen-bond donors (Lipinski definition) is 0. The van der Waals surface area contributed by atoms with Gasteiger partial charge in [0.25, 0.3) is 0 Å². The summed E-state index contributed by atoms with van der Waals surface area (Å²) in [5.41, 5.74) is 3.33. The maximum Gasteiger partial charge on any atom is 0.225 e. The van der Waals surface area contributed by atoms with Crippen LogP contribution in [0.2, 0.25) is 25.1 Å². The number of hydrogen-bond acceptors (Lipinski definition) is 3. The molecule has 0 atom stereocenters. The summed E-state index contributed by atoms with van der Waals surface area (Å²) in [5.74, 6) is 0.733. The molecule has 1 heterocycles. The van der Waals surface area contributed by atoms with Gasteiger partial charge in [0, 0.05) is 26.2 Å². The van der Waals surface area contributed by atoms with Gasteiger partial charge >= 0.3 is 0 Å². The van der Waals surface area contributed by atoms with Crippen LogP contribution >= 0.6 is 58.0 Å². The molecule has 4 rings (SSSR count). The summed E-state index contributed by atoms with van der Waals surface area (Å²) in [6.07, 6.45) is 0. The fourth-order valence-electron chi connectivity index (χ4n) is 3.13. The van der Waals surface area contributed by atoms with Gasteiger partial charge in [0.05, 0.1) is 28.4 Å². The summed E-state index contributed by atoms with van der Waals surface area (Å²) in [6, 6.07) is 17.6. The van der Waals surface area contributed by atoms with E-state index in [2.05, 4.69) is 4.98 Å². The highest BCUT2D eigenvalue weighted by atomic mass is 35.5. The zero-order chi connectivity index (χ0) is 22.1. The van der Waals surface area contributed by atoms with Crippen molar-refractivity contribution in [3.8, 4) is 39.7 Å². The largest absolute Gasteiger partial charge is 0.480 e. The van der Waals surface area contributed by atoms with Gasteiger partial charge in [-0.2, -0.15) is 4.98 Å². The van der Waals surface area contributed by atoms with Gasteiger partial charge in [0.1, 0.15) is 0 Å². The van der Waals surface area contributed by atoms with Gasteiger partial charge in [-0.05, 0) is 54.1 Å². The summed E-state index contributed by atoms with van der Waals surface area (Å²) >= 11 is 31.2. The minimum Gasteiger partial charge on any atom is -0.480 e. The van der Waals surface area contributed by atoms with Crippen LogP contribution in [0.1, 0.15) is 0 Å². The third-order valence-corrected chi connectivity index (χ3v) is 5.91. The third-order valence-electron chi connectivity index (χ3n) is 4.56. The van der Waals surface area contributed by atoms with Crippen molar-refractivity contribution in [2.24, 2.45) is 0 Å². The van der Waals surface area contributed by atoms with Crippen LogP contribution in [0.4, 0.5) is 0 Å². The fourth-order valence-corrected chi connectivity index (χ4v) is 4.25. The number of ether oxygens (including phenoxy) is 1. The summed E-state index contributed by atoms with van der Waals surface area (Å²) < 4.78 is 5.66. The van der Waals surface area contributed by atoms with Gasteiger partial charge in [-0.3, -0.25) is 0 Å². The van der Waals surface area contributed by atoms with Gasteiger partial charge in [-0.25, -0.2) is 4.98 Å². The summed E-state index contributed by atoms with van der Waals surface area (Å²) in [7, 11) is 1.54. The van der Waals surface area contributed by atoms with Crippen molar-refractivity contribution in [3.05, 3.63) is 85.8 Å². The van der Waals surface area contributed by atoms with E-state index in [0.717, 1.165) is 5.56 Å². The zero-order valence-corrected chi connectivity index (χ0v) is 19.7. The lowest BCUT2D eigenvalue weighted by Crippen LogP contribution is -2.02. The van der Waals surface area contributed by atoms with E-state index in [-0.39, 0.29) is 0 Å². The molecular formula is C23H13Cl5N2O. The topological polar surface area (TPSA) is 35.0 Å². The molecule has 0 N–H and O–H groups in total. The Morgan fingerprint density at radius 2 is 1.19 bits per heavy atom. The van der Waals surface area contributed by atoms with E-state index in [1.165, 1.54) is 0 Å². The molecule has 0 saturated carbocycles. The smallest absolute Gasteiger partial charge is 0.225 e. The molecule has 3 nitrogen and oxygen atoms in total. The van der Waals surface area contributed by atoms with E-state index in [4.69, 9.17) is 67.7 Å². The van der Waals surface area contributed by atoms with E-state index in [1.807, 2.05) is 12.1 Å². The predicted octanol–water partition coefficient (Wildman–Crippen LogP) is 8.75. The van der Waals surface area contributed by atoms with Gasteiger partial charge in [-0.15, -0.1) is 0 Å². The molecule has 0 aliphatic carbocycles. The molecule has 0 amide bonds. The summed E-state index contributed by atoms with van der Waals surface area (Å²) in [5, 5.41) is 2.50. The van der Waals surface area contributed by atoms with Crippen molar-refractivity contribution >= 4 is 58.0 Å². The first-order valence-electron chi connectivity index (χ1n) is 9.00. The minimum atomic E-state index is 0.361. The Hall–Kier alpha value is -2.01. The molecule has 8 heteroatoms. The number of rotatable bonds is 4. The van der Waals surface area contributed by atoms with Crippen molar-refractivity contribution in [3.63, 3.8) is 0 Å². The highest BCUT2D eigenvalue weighted by molar-refractivity contribution is 6.37. The molecule has 1 aromatic heterocycles. The molecule has 0 fully saturated rings. The monoisotopic (exact) mass is 508 g/mol. The van der Waals surface area contributed by atoms with Crippen molar-refractivity contribution in [2.75, 3.05) is 7.11 Å². The van der Waals surface area contributed by atoms with Crippen molar-refractivity contribution < 1.29 is 4.74 Å². The Balaban J connectivity index is 2.05. The van der Waals surface area contributed by atoms with E-state index >= 15 is 0 Å². The first-order chi connectivity index (χ1) is 14.9. The van der Waals surface area contributed by atoms with Crippen LogP contribution in [0.25, 0.3) is 33.8 Å². The van der Waals surface area contributed by atoms with E-state index in [1.54, 1.807) is 55.6 Å². The van der Waals surface area contributed by atoms with E-state index < -0.39 is 0 Å². The first kappa shape index (κ1) is 22.2. The predicted molar refractivity (Wildman–Crippen MR) is 130 cm³/mol. The Kier molecular flexibility index (Phi) is 6.61. The molecule has 0 aliphatic rings. The second-order valence-electron chi connectivity index (χ2n) is 6.54. The molecule has 31 heavy (non-hydrogen) atoms. The highest BCUT2D eigenvalue weighted by Crippen LogP contribution is 2.42. The number of methoxy groups -OCH3 is 1. The van der Waals surface area contributed by atoms with Crippen LogP contribution in [0, 0.1) is 0 Å². The zero-order valence-electron chi connectivity index (χ0n) is 16.0. The Morgan fingerprint density at radius 3 is 1.74 bits per heavy atom. The summed E-state index contributed by atoms with van der Waals surface area (Å²) in [4.78, 5) is 9.44. The molecule has 0 aliphatic heterocycles. The number of nitrogens with zero attached hydrogens (tertiary/aromatic N) is 2.